The van der Waals surface area contributed by atoms with Gasteiger partial charge in [-0.3, -0.25) is 0 Å². The standard InChI is InChI=1S/C5H8Cl3PS/c1-5(2-3-6)4-9(7,8)10/h4H,2-3H2,1H3/b5-4-. The zero-order valence-corrected chi connectivity index (χ0v) is 9.46. The SMILES string of the molecule is C/C(=C/P(=S)(Cl)Cl)CCCl. The van der Waals surface area contributed by atoms with Gasteiger partial charge in [0.05, 0.1) is 0 Å². The van der Waals surface area contributed by atoms with Gasteiger partial charge < -0.3 is 0 Å². The lowest BCUT2D eigenvalue weighted by atomic mass is 10.3. The lowest BCUT2D eigenvalue weighted by molar-refractivity contribution is 1.12. The second-order valence-electron chi connectivity index (χ2n) is 1.92. The van der Waals surface area contributed by atoms with Crippen molar-refractivity contribution in [1.82, 2.24) is 0 Å². The third kappa shape index (κ3) is 7.37. The van der Waals surface area contributed by atoms with E-state index in [1.807, 2.05) is 6.92 Å². The van der Waals surface area contributed by atoms with Crippen molar-refractivity contribution in [1.29, 1.82) is 0 Å². The van der Waals surface area contributed by atoms with Crippen molar-refractivity contribution in [3.05, 3.63) is 11.4 Å². The Morgan fingerprint density at radius 2 is 2.10 bits per heavy atom. The van der Waals surface area contributed by atoms with Gasteiger partial charge in [0.15, 0.2) is 0 Å². The summed E-state index contributed by atoms with van der Waals surface area (Å²) in [5.74, 6) is 2.32. The van der Waals surface area contributed by atoms with Crippen LogP contribution in [0.3, 0.4) is 0 Å². The highest BCUT2D eigenvalue weighted by Gasteiger charge is 2.02. The first-order valence-corrected chi connectivity index (χ1v) is 7.90. The minimum absolute atomic E-state index is 0.589. The van der Waals surface area contributed by atoms with Gasteiger partial charge in [-0.05, 0) is 19.2 Å². The Morgan fingerprint density at radius 1 is 1.60 bits per heavy atom. The van der Waals surface area contributed by atoms with Crippen LogP contribution in [0.25, 0.3) is 0 Å². The molecule has 0 aromatic rings. The van der Waals surface area contributed by atoms with Crippen molar-refractivity contribution in [2.45, 2.75) is 13.3 Å². The molecular formula is C5H8Cl3PS. The second kappa shape index (κ2) is 5.00. The summed E-state index contributed by atoms with van der Waals surface area (Å²) in [6.45, 7) is 1.92. The Kier molecular flexibility index (Phi) is 5.63. The van der Waals surface area contributed by atoms with E-state index in [0.717, 1.165) is 12.0 Å². The van der Waals surface area contributed by atoms with Gasteiger partial charge in [0, 0.05) is 5.88 Å². The average Bonchev–Trinajstić information content (AvgIpc) is 1.59. The lowest BCUT2D eigenvalue weighted by Crippen LogP contribution is -1.75. The highest BCUT2D eigenvalue weighted by Crippen LogP contribution is 2.59. The quantitative estimate of drug-likeness (QED) is 0.521. The van der Waals surface area contributed by atoms with E-state index in [-0.39, 0.29) is 0 Å². The summed E-state index contributed by atoms with van der Waals surface area (Å²) in [6, 6.07) is 0. The molecule has 0 atom stereocenters. The van der Waals surface area contributed by atoms with Crippen LogP contribution in [0.4, 0.5) is 0 Å². The zero-order valence-electron chi connectivity index (χ0n) is 5.48. The molecule has 5 heteroatoms. The van der Waals surface area contributed by atoms with Gasteiger partial charge in [0.2, 0.25) is 0 Å². The summed E-state index contributed by atoms with van der Waals surface area (Å²) in [5.41, 5.74) is 1.07. The van der Waals surface area contributed by atoms with Crippen molar-refractivity contribution in [2.24, 2.45) is 0 Å². The predicted octanol–water partition coefficient (Wildman–Crippen LogP) is 4.31. The van der Waals surface area contributed by atoms with E-state index in [0.29, 0.717) is 5.88 Å². The van der Waals surface area contributed by atoms with Crippen molar-refractivity contribution >= 4 is 50.6 Å². The maximum atomic E-state index is 5.64. The van der Waals surface area contributed by atoms with Gasteiger partial charge in [-0.2, -0.15) is 0 Å². The molecule has 0 spiro atoms. The molecule has 0 amide bonds. The van der Waals surface area contributed by atoms with Gasteiger partial charge in [-0.25, -0.2) is 0 Å². The van der Waals surface area contributed by atoms with Crippen molar-refractivity contribution in [3.63, 3.8) is 0 Å². The number of hydrogen-bond donors (Lipinski definition) is 0. The fourth-order valence-corrected chi connectivity index (χ4v) is 2.95. The van der Waals surface area contributed by atoms with Crippen LogP contribution in [0.2, 0.25) is 0 Å². The first-order valence-electron chi connectivity index (χ1n) is 2.69. The predicted molar refractivity (Wildman–Crippen MR) is 55.1 cm³/mol. The van der Waals surface area contributed by atoms with Gasteiger partial charge >= 0.3 is 0 Å². The molecule has 0 nitrogen and oxygen atoms in total. The Hall–Kier alpha value is 1.26. The summed E-state index contributed by atoms with van der Waals surface area (Å²) in [4.78, 5) is 0. The third-order valence-corrected chi connectivity index (χ3v) is 2.69. The van der Waals surface area contributed by atoms with Crippen molar-refractivity contribution in [3.8, 4) is 0 Å². The molecule has 0 saturated heterocycles. The lowest BCUT2D eigenvalue weighted by Gasteiger charge is -1.99. The molecule has 0 aromatic heterocycles. The molecular weight excluding hydrogens is 229 g/mol. The van der Waals surface area contributed by atoms with Crippen LogP contribution >= 0.6 is 38.8 Å². The van der Waals surface area contributed by atoms with Gasteiger partial charge in [-0.15, -0.1) is 11.6 Å². The van der Waals surface area contributed by atoms with Crippen LogP contribution < -0.4 is 0 Å². The van der Waals surface area contributed by atoms with E-state index in [2.05, 4.69) is 0 Å². The molecule has 0 bridgehead atoms. The Bertz CT molecular complexity index is 172. The Labute approximate surface area is 81.1 Å². The molecule has 0 heterocycles. The summed E-state index contributed by atoms with van der Waals surface area (Å²) in [5, 5.41) is 0. The molecule has 0 saturated carbocycles. The topological polar surface area (TPSA) is 0 Å². The molecule has 0 aliphatic carbocycles. The first-order chi connectivity index (χ1) is 4.45. The van der Waals surface area contributed by atoms with Crippen LogP contribution in [-0.4, -0.2) is 5.88 Å². The number of halogens is 3. The zero-order chi connectivity index (χ0) is 8.20. The minimum atomic E-state index is -2.19. The van der Waals surface area contributed by atoms with Crippen molar-refractivity contribution < 1.29 is 0 Å². The molecule has 60 valence electrons. The second-order valence-corrected chi connectivity index (χ2v) is 10.2. The number of rotatable bonds is 3. The fourth-order valence-electron chi connectivity index (χ4n) is 0.470. The van der Waals surface area contributed by atoms with Crippen molar-refractivity contribution in [2.75, 3.05) is 5.88 Å². The molecule has 0 radical (unpaired) electrons. The van der Waals surface area contributed by atoms with Gasteiger partial charge in [0.25, 0.3) is 0 Å². The smallest absolute Gasteiger partial charge is 0.126 e. The highest BCUT2D eigenvalue weighted by molar-refractivity contribution is 8.40. The van der Waals surface area contributed by atoms with Crippen LogP contribution in [0.15, 0.2) is 11.4 Å². The normalized spacial score (nSPS) is 13.8. The largest absolute Gasteiger partial charge is 0.140 e. The van der Waals surface area contributed by atoms with Gasteiger partial charge in [0.1, 0.15) is 4.74 Å². The summed E-state index contributed by atoms with van der Waals surface area (Å²) < 4.78 is -2.19. The molecule has 0 N–H and O–H groups in total. The van der Waals surface area contributed by atoms with Crippen LogP contribution in [0.1, 0.15) is 13.3 Å². The summed E-state index contributed by atoms with van der Waals surface area (Å²) >= 11 is 21.5. The number of hydrogen-bond acceptors (Lipinski definition) is 1. The first kappa shape index (κ1) is 11.3. The van der Waals surface area contributed by atoms with E-state index in [1.165, 1.54) is 0 Å². The number of allylic oxidation sites excluding steroid dienone is 1. The van der Waals surface area contributed by atoms with E-state index >= 15 is 0 Å². The molecule has 0 aliphatic rings. The average molecular weight is 238 g/mol. The molecule has 10 heavy (non-hydrogen) atoms. The van der Waals surface area contributed by atoms with E-state index in [1.54, 1.807) is 5.82 Å². The van der Waals surface area contributed by atoms with Crippen LogP contribution in [-0.2, 0) is 11.8 Å². The summed E-state index contributed by atoms with van der Waals surface area (Å²) in [6.07, 6.45) is 0.805. The molecule has 0 unspecified atom stereocenters. The maximum Gasteiger partial charge on any atom is 0.140 e. The van der Waals surface area contributed by atoms with Crippen LogP contribution in [0, 0.1) is 0 Å². The highest BCUT2D eigenvalue weighted by atomic mass is 35.9. The molecule has 0 aliphatic heterocycles. The van der Waals surface area contributed by atoms with Crippen LogP contribution in [0.5, 0.6) is 0 Å². The number of alkyl halides is 1. The maximum absolute atomic E-state index is 5.64. The fraction of sp³-hybridized carbons (Fsp3) is 0.600. The monoisotopic (exact) mass is 236 g/mol. The summed E-state index contributed by atoms with van der Waals surface area (Å²) in [7, 11) is 0. The molecule has 0 fully saturated rings. The third-order valence-electron chi connectivity index (χ3n) is 0.860. The molecule has 0 rings (SSSR count). The van der Waals surface area contributed by atoms with E-state index in [9.17, 15) is 0 Å². The minimum Gasteiger partial charge on any atom is -0.126 e. The Morgan fingerprint density at radius 3 is 2.40 bits per heavy atom. The molecule has 0 aromatic carbocycles. The van der Waals surface area contributed by atoms with E-state index in [4.69, 9.17) is 45.9 Å². The van der Waals surface area contributed by atoms with Gasteiger partial charge in [-0.1, -0.05) is 39.9 Å². The van der Waals surface area contributed by atoms with E-state index < -0.39 is 4.74 Å². The Balaban J connectivity index is 4.04.